The van der Waals surface area contributed by atoms with Crippen LogP contribution in [0.4, 0.5) is 5.69 Å². The molecule has 0 bridgehead atoms. The molecule has 0 fully saturated rings. The molecule has 2 aromatic rings. The van der Waals surface area contributed by atoms with Crippen LogP contribution < -0.4 is 5.32 Å². The van der Waals surface area contributed by atoms with Crippen molar-refractivity contribution >= 4 is 29.3 Å². The largest absolute Gasteiger partial charge is 0.478 e. The first-order valence-corrected chi connectivity index (χ1v) is 7.21. The van der Waals surface area contributed by atoms with Crippen LogP contribution in [0.2, 0.25) is 0 Å². The number of hydrogen-bond donors (Lipinski definition) is 2. The monoisotopic (exact) mass is 302 g/mol. The zero-order chi connectivity index (χ0) is 15.2. The number of carboxylic acids is 1. The van der Waals surface area contributed by atoms with Crippen molar-refractivity contribution in [3.63, 3.8) is 0 Å². The fourth-order valence-electron chi connectivity index (χ4n) is 1.66. The average molecular weight is 302 g/mol. The van der Waals surface area contributed by atoms with Crippen LogP contribution in [-0.2, 0) is 4.79 Å². The lowest BCUT2D eigenvalue weighted by Crippen LogP contribution is -2.15. The molecular weight excluding hydrogens is 288 g/mol. The highest BCUT2D eigenvalue weighted by molar-refractivity contribution is 8.00. The molecule has 0 atom stereocenters. The summed E-state index contributed by atoms with van der Waals surface area (Å²) in [5.41, 5.74) is 1.50. The predicted molar refractivity (Wildman–Crippen MR) is 81.7 cm³/mol. The topological polar surface area (TPSA) is 79.3 Å². The van der Waals surface area contributed by atoms with Crippen LogP contribution >= 0.6 is 11.8 Å². The second-order valence-electron chi connectivity index (χ2n) is 4.35. The highest BCUT2D eigenvalue weighted by Crippen LogP contribution is 2.19. The summed E-state index contributed by atoms with van der Waals surface area (Å²) in [5, 5.41) is 11.7. The number of thioether (sulfide) groups is 1. The molecule has 21 heavy (non-hydrogen) atoms. The molecule has 1 amide bonds. The number of carboxylic acid groups (broad SMARTS) is 1. The van der Waals surface area contributed by atoms with Crippen molar-refractivity contribution < 1.29 is 14.7 Å². The van der Waals surface area contributed by atoms with E-state index >= 15 is 0 Å². The Hall–Kier alpha value is -2.34. The van der Waals surface area contributed by atoms with Gasteiger partial charge in [0.2, 0.25) is 5.91 Å². The standard InChI is InChI=1S/C15H14N2O3S/c1-10-2-3-11(15(19)20)8-13(10)17-14(18)9-21-12-4-6-16-7-5-12/h2-8H,9H2,1H3,(H,17,18)(H,19,20). The molecule has 108 valence electrons. The van der Waals surface area contributed by atoms with Crippen LogP contribution in [0.3, 0.4) is 0 Å². The average Bonchev–Trinajstić information content (AvgIpc) is 2.48. The maximum absolute atomic E-state index is 11.9. The quantitative estimate of drug-likeness (QED) is 0.830. The molecule has 0 aliphatic heterocycles. The van der Waals surface area contributed by atoms with Crippen LogP contribution in [0.25, 0.3) is 0 Å². The smallest absolute Gasteiger partial charge is 0.335 e. The van der Waals surface area contributed by atoms with Crippen LogP contribution in [0, 0.1) is 6.92 Å². The summed E-state index contributed by atoms with van der Waals surface area (Å²) in [7, 11) is 0. The molecule has 0 spiro atoms. The second kappa shape index (κ2) is 6.90. The second-order valence-corrected chi connectivity index (χ2v) is 5.40. The highest BCUT2D eigenvalue weighted by Gasteiger charge is 2.09. The van der Waals surface area contributed by atoms with Crippen molar-refractivity contribution in [2.45, 2.75) is 11.8 Å². The summed E-state index contributed by atoms with van der Waals surface area (Å²) in [6, 6.07) is 8.31. The molecule has 5 nitrogen and oxygen atoms in total. The molecule has 0 radical (unpaired) electrons. The van der Waals surface area contributed by atoms with Gasteiger partial charge in [-0.25, -0.2) is 4.79 Å². The molecule has 6 heteroatoms. The number of carbonyl (C=O) groups is 2. The Balaban J connectivity index is 1.99. The lowest BCUT2D eigenvalue weighted by Gasteiger charge is -2.09. The van der Waals surface area contributed by atoms with Crippen LogP contribution in [-0.4, -0.2) is 27.7 Å². The van der Waals surface area contributed by atoms with E-state index in [0.717, 1.165) is 10.5 Å². The van der Waals surface area contributed by atoms with Crippen LogP contribution in [0.5, 0.6) is 0 Å². The zero-order valence-corrected chi connectivity index (χ0v) is 12.2. The van der Waals surface area contributed by atoms with Gasteiger partial charge in [0, 0.05) is 23.0 Å². The number of aromatic nitrogens is 1. The van der Waals surface area contributed by atoms with Crippen molar-refractivity contribution in [2.24, 2.45) is 0 Å². The van der Waals surface area contributed by atoms with Crippen molar-refractivity contribution in [1.29, 1.82) is 0 Å². The Kier molecular flexibility index (Phi) is 4.94. The van der Waals surface area contributed by atoms with Crippen LogP contribution in [0.15, 0.2) is 47.6 Å². The number of pyridine rings is 1. The summed E-state index contributed by atoms with van der Waals surface area (Å²) in [6.45, 7) is 1.82. The van der Waals surface area contributed by atoms with E-state index in [1.54, 1.807) is 18.5 Å². The van der Waals surface area contributed by atoms with E-state index in [1.807, 2.05) is 19.1 Å². The summed E-state index contributed by atoms with van der Waals surface area (Å²) < 4.78 is 0. The Bertz CT molecular complexity index is 659. The lowest BCUT2D eigenvalue weighted by atomic mass is 10.1. The van der Waals surface area contributed by atoms with Gasteiger partial charge in [-0.05, 0) is 36.8 Å². The number of hydrogen-bond acceptors (Lipinski definition) is 4. The third-order valence-corrected chi connectivity index (χ3v) is 3.79. The molecule has 0 saturated carbocycles. The van der Waals surface area contributed by atoms with E-state index in [9.17, 15) is 9.59 Å². The Morgan fingerprint density at radius 3 is 2.62 bits per heavy atom. The summed E-state index contributed by atoms with van der Waals surface area (Å²) in [6.07, 6.45) is 3.33. The molecular formula is C15H14N2O3S. The number of rotatable bonds is 5. The van der Waals surface area contributed by atoms with E-state index in [2.05, 4.69) is 10.3 Å². The van der Waals surface area contributed by atoms with Gasteiger partial charge in [-0.15, -0.1) is 11.8 Å². The van der Waals surface area contributed by atoms with E-state index < -0.39 is 5.97 Å². The first kappa shape index (κ1) is 15.1. The Labute approximate surface area is 126 Å². The van der Waals surface area contributed by atoms with E-state index in [1.165, 1.54) is 23.9 Å². The maximum Gasteiger partial charge on any atom is 0.335 e. The van der Waals surface area contributed by atoms with Gasteiger partial charge in [0.1, 0.15) is 0 Å². The van der Waals surface area contributed by atoms with Gasteiger partial charge in [-0.1, -0.05) is 6.07 Å². The fourth-order valence-corrected chi connectivity index (χ4v) is 2.34. The fraction of sp³-hybridized carbons (Fsp3) is 0.133. The molecule has 0 saturated heterocycles. The minimum absolute atomic E-state index is 0.151. The van der Waals surface area contributed by atoms with Gasteiger partial charge in [0.05, 0.1) is 11.3 Å². The normalized spacial score (nSPS) is 10.1. The highest BCUT2D eigenvalue weighted by atomic mass is 32.2. The minimum Gasteiger partial charge on any atom is -0.478 e. The lowest BCUT2D eigenvalue weighted by molar-refractivity contribution is -0.113. The third kappa shape index (κ3) is 4.32. The zero-order valence-electron chi connectivity index (χ0n) is 11.4. The number of aromatic carboxylic acids is 1. The van der Waals surface area contributed by atoms with Gasteiger partial charge in [-0.3, -0.25) is 9.78 Å². The van der Waals surface area contributed by atoms with Gasteiger partial charge >= 0.3 is 5.97 Å². The van der Waals surface area contributed by atoms with E-state index in [4.69, 9.17) is 5.11 Å². The van der Waals surface area contributed by atoms with Crippen molar-refractivity contribution in [2.75, 3.05) is 11.1 Å². The van der Waals surface area contributed by atoms with Crippen LogP contribution in [0.1, 0.15) is 15.9 Å². The van der Waals surface area contributed by atoms with Crippen molar-refractivity contribution in [1.82, 2.24) is 4.98 Å². The number of carbonyl (C=O) groups excluding carboxylic acids is 1. The molecule has 2 N–H and O–H groups in total. The van der Waals surface area contributed by atoms with Gasteiger partial charge in [0.25, 0.3) is 0 Å². The van der Waals surface area contributed by atoms with Gasteiger partial charge in [-0.2, -0.15) is 0 Å². The van der Waals surface area contributed by atoms with Crippen molar-refractivity contribution in [3.8, 4) is 0 Å². The van der Waals surface area contributed by atoms with Crippen molar-refractivity contribution in [3.05, 3.63) is 53.9 Å². The first-order chi connectivity index (χ1) is 10.1. The maximum atomic E-state index is 11.9. The molecule has 1 aromatic heterocycles. The molecule has 0 aliphatic rings. The van der Waals surface area contributed by atoms with Gasteiger partial charge in [0.15, 0.2) is 0 Å². The Morgan fingerprint density at radius 1 is 1.24 bits per heavy atom. The first-order valence-electron chi connectivity index (χ1n) is 6.23. The molecule has 2 rings (SSSR count). The number of amides is 1. The molecule has 0 aliphatic carbocycles. The SMILES string of the molecule is Cc1ccc(C(=O)O)cc1NC(=O)CSc1ccncc1. The number of benzene rings is 1. The number of nitrogens with zero attached hydrogens (tertiary/aromatic N) is 1. The predicted octanol–water partition coefficient (Wildman–Crippen LogP) is 2.82. The molecule has 0 unspecified atom stereocenters. The van der Waals surface area contributed by atoms with Gasteiger partial charge < -0.3 is 10.4 Å². The Morgan fingerprint density at radius 2 is 1.95 bits per heavy atom. The van der Waals surface area contributed by atoms with E-state index in [-0.39, 0.29) is 17.2 Å². The summed E-state index contributed by atoms with van der Waals surface area (Å²) in [4.78, 5) is 27.7. The number of nitrogens with one attached hydrogen (secondary N) is 1. The third-order valence-electron chi connectivity index (χ3n) is 2.78. The van der Waals surface area contributed by atoms with E-state index in [0.29, 0.717) is 5.69 Å². The molecule has 1 aromatic carbocycles. The molecule has 1 heterocycles. The number of aryl methyl sites for hydroxylation is 1. The minimum atomic E-state index is -1.02. The summed E-state index contributed by atoms with van der Waals surface area (Å²) >= 11 is 1.40. The summed E-state index contributed by atoms with van der Waals surface area (Å²) in [5.74, 6) is -0.945. The number of anilines is 1.